The zero-order valence-corrected chi connectivity index (χ0v) is 22.3. The van der Waals surface area contributed by atoms with E-state index in [2.05, 4.69) is 22.7 Å². The van der Waals surface area contributed by atoms with E-state index in [1.54, 1.807) is 48.5 Å². The summed E-state index contributed by atoms with van der Waals surface area (Å²) in [5.74, 6) is 0.330. The Morgan fingerprint density at radius 1 is 0.842 bits per heavy atom. The average Bonchev–Trinajstić information content (AvgIpc) is 2.93. The van der Waals surface area contributed by atoms with Gasteiger partial charge in [0.25, 0.3) is 15.9 Å². The van der Waals surface area contributed by atoms with Gasteiger partial charge in [0, 0.05) is 12.6 Å². The van der Waals surface area contributed by atoms with E-state index < -0.39 is 15.9 Å². The minimum absolute atomic E-state index is 0.201. The minimum atomic E-state index is -3.71. The summed E-state index contributed by atoms with van der Waals surface area (Å²) in [7, 11) is -2.23. The smallest absolute Gasteiger partial charge is 0.271 e. The standard InChI is InChI=1S/C30H29N3O4S/c1-22-4-8-25(9-5-22)21-37-28-16-10-24(11-17-28)20-31-32-30(34)26-12-14-27(15-13-26)33(3)38(35,36)29-18-6-23(2)7-19-29/h4-20H,21H2,1-3H3,(H,32,34)/b31-20-. The summed E-state index contributed by atoms with van der Waals surface area (Å²) < 4.78 is 32.8. The number of nitrogens with one attached hydrogen (secondary N) is 1. The lowest BCUT2D eigenvalue weighted by Gasteiger charge is -2.19. The maximum absolute atomic E-state index is 12.9. The van der Waals surface area contributed by atoms with Crippen molar-refractivity contribution in [2.24, 2.45) is 5.10 Å². The van der Waals surface area contributed by atoms with Crippen molar-refractivity contribution in [3.8, 4) is 5.75 Å². The number of aryl methyl sites for hydroxylation is 2. The van der Waals surface area contributed by atoms with Crippen molar-refractivity contribution in [3.63, 3.8) is 0 Å². The first-order valence-corrected chi connectivity index (χ1v) is 13.4. The van der Waals surface area contributed by atoms with Gasteiger partial charge in [-0.15, -0.1) is 0 Å². The molecule has 4 aromatic rings. The van der Waals surface area contributed by atoms with Gasteiger partial charge in [-0.1, -0.05) is 47.5 Å². The van der Waals surface area contributed by atoms with E-state index in [-0.39, 0.29) is 4.90 Å². The van der Waals surface area contributed by atoms with Gasteiger partial charge in [-0.25, -0.2) is 13.8 Å². The first-order valence-electron chi connectivity index (χ1n) is 12.0. The van der Waals surface area contributed by atoms with Gasteiger partial charge in [0.1, 0.15) is 12.4 Å². The Bertz CT molecular complexity index is 1510. The number of carbonyl (C=O) groups is 1. The van der Waals surface area contributed by atoms with E-state index in [1.165, 1.54) is 23.1 Å². The predicted octanol–water partition coefficient (Wildman–Crippen LogP) is 5.47. The normalized spacial score (nSPS) is 11.3. The first kappa shape index (κ1) is 26.6. The molecule has 194 valence electrons. The van der Waals surface area contributed by atoms with Crippen molar-refractivity contribution in [3.05, 3.63) is 125 Å². The van der Waals surface area contributed by atoms with Crippen LogP contribution < -0.4 is 14.5 Å². The molecule has 0 aromatic heterocycles. The lowest BCUT2D eigenvalue weighted by molar-refractivity contribution is 0.0955. The summed E-state index contributed by atoms with van der Waals surface area (Å²) >= 11 is 0. The molecule has 0 aliphatic rings. The second-order valence-corrected chi connectivity index (χ2v) is 10.8. The predicted molar refractivity (Wildman–Crippen MR) is 150 cm³/mol. The van der Waals surface area contributed by atoms with E-state index in [4.69, 9.17) is 4.74 Å². The Morgan fingerprint density at radius 3 is 2.03 bits per heavy atom. The van der Waals surface area contributed by atoms with Crippen LogP contribution in [0.3, 0.4) is 0 Å². The molecule has 0 fully saturated rings. The number of rotatable bonds is 9. The molecule has 0 bridgehead atoms. The molecular formula is C30H29N3O4S. The number of ether oxygens (including phenoxy) is 1. The van der Waals surface area contributed by atoms with E-state index in [9.17, 15) is 13.2 Å². The number of anilines is 1. The van der Waals surface area contributed by atoms with Crippen LogP contribution >= 0.6 is 0 Å². The number of carbonyl (C=O) groups excluding carboxylic acids is 1. The van der Waals surface area contributed by atoms with Crippen LogP contribution in [0.15, 0.2) is 107 Å². The van der Waals surface area contributed by atoms with Gasteiger partial charge in [-0.3, -0.25) is 9.10 Å². The third-order valence-corrected chi connectivity index (χ3v) is 7.76. The Morgan fingerprint density at radius 2 is 1.42 bits per heavy atom. The van der Waals surface area contributed by atoms with Gasteiger partial charge in [0.2, 0.25) is 0 Å². The molecular weight excluding hydrogens is 498 g/mol. The van der Waals surface area contributed by atoms with Crippen LogP contribution in [0.1, 0.15) is 32.6 Å². The zero-order valence-electron chi connectivity index (χ0n) is 21.5. The number of amides is 1. The molecule has 8 heteroatoms. The fourth-order valence-electron chi connectivity index (χ4n) is 3.56. The summed E-state index contributed by atoms with van der Waals surface area (Å²) in [4.78, 5) is 12.7. The van der Waals surface area contributed by atoms with Crippen LogP contribution in [0, 0.1) is 13.8 Å². The molecule has 4 rings (SSSR count). The summed E-state index contributed by atoms with van der Waals surface area (Å²) in [5.41, 5.74) is 7.36. The zero-order chi connectivity index (χ0) is 27.1. The fraction of sp³-hybridized carbons (Fsp3) is 0.133. The molecule has 4 aromatic carbocycles. The minimum Gasteiger partial charge on any atom is -0.489 e. The molecule has 0 atom stereocenters. The molecule has 0 aliphatic heterocycles. The summed E-state index contributed by atoms with van der Waals surface area (Å²) in [6.07, 6.45) is 1.54. The van der Waals surface area contributed by atoms with Gasteiger partial charge in [-0.2, -0.15) is 5.10 Å². The Kier molecular flexibility index (Phi) is 8.23. The topological polar surface area (TPSA) is 88.1 Å². The number of hydrogen-bond donors (Lipinski definition) is 1. The average molecular weight is 528 g/mol. The molecule has 0 saturated carbocycles. The molecule has 0 unspecified atom stereocenters. The van der Waals surface area contributed by atoms with Crippen LogP contribution in [-0.4, -0.2) is 27.6 Å². The fourth-order valence-corrected chi connectivity index (χ4v) is 4.76. The quantitative estimate of drug-likeness (QED) is 0.231. The van der Waals surface area contributed by atoms with Crippen LogP contribution in [0.4, 0.5) is 5.69 Å². The SMILES string of the molecule is Cc1ccc(COc2ccc(/C=N\NC(=O)c3ccc(N(C)S(=O)(=O)c4ccc(C)cc4)cc3)cc2)cc1. The number of nitrogens with zero attached hydrogens (tertiary/aromatic N) is 2. The largest absolute Gasteiger partial charge is 0.489 e. The number of benzene rings is 4. The third-order valence-electron chi connectivity index (χ3n) is 5.96. The second-order valence-electron chi connectivity index (χ2n) is 8.87. The van der Waals surface area contributed by atoms with E-state index in [1.807, 2.05) is 50.2 Å². The number of hydrazone groups is 1. The van der Waals surface area contributed by atoms with Crippen molar-refractivity contribution < 1.29 is 17.9 Å². The van der Waals surface area contributed by atoms with Crippen LogP contribution in [0.25, 0.3) is 0 Å². The molecule has 0 saturated heterocycles. The Labute approximate surface area is 223 Å². The lowest BCUT2D eigenvalue weighted by atomic mass is 10.2. The van der Waals surface area contributed by atoms with Crippen molar-refractivity contribution in [2.45, 2.75) is 25.3 Å². The lowest BCUT2D eigenvalue weighted by Crippen LogP contribution is -2.26. The molecule has 0 aliphatic carbocycles. The maximum Gasteiger partial charge on any atom is 0.271 e. The number of sulfonamides is 1. The monoisotopic (exact) mass is 527 g/mol. The summed E-state index contributed by atoms with van der Waals surface area (Å²) in [6, 6.07) is 28.5. The Hall–Kier alpha value is -4.43. The van der Waals surface area contributed by atoms with Crippen LogP contribution in [0.2, 0.25) is 0 Å². The van der Waals surface area contributed by atoms with Gasteiger partial charge in [0.15, 0.2) is 0 Å². The molecule has 38 heavy (non-hydrogen) atoms. The maximum atomic E-state index is 12.9. The molecule has 0 spiro atoms. The molecule has 0 heterocycles. The highest BCUT2D eigenvalue weighted by Crippen LogP contribution is 2.23. The molecule has 1 amide bonds. The van der Waals surface area contributed by atoms with E-state index in [0.29, 0.717) is 17.9 Å². The van der Waals surface area contributed by atoms with Gasteiger partial charge >= 0.3 is 0 Å². The Balaban J connectivity index is 1.31. The van der Waals surface area contributed by atoms with Crippen molar-refractivity contribution in [1.82, 2.24) is 5.43 Å². The van der Waals surface area contributed by atoms with E-state index >= 15 is 0 Å². The van der Waals surface area contributed by atoms with Gasteiger partial charge in [0.05, 0.1) is 16.8 Å². The molecule has 7 nitrogen and oxygen atoms in total. The van der Waals surface area contributed by atoms with Crippen molar-refractivity contribution >= 4 is 27.8 Å². The first-order chi connectivity index (χ1) is 18.2. The summed E-state index contributed by atoms with van der Waals surface area (Å²) in [5, 5.41) is 4.02. The van der Waals surface area contributed by atoms with Gasteiger partial charge < -0.3 is 4.74 Å². The van der Waals surface area contributed by atoms with Gasteiger partial charge in [-0.05, 0) is 85.6 Å². The van der Waals surface area contributed by atoms with Crippen LogP contribution in [0.5, 0.6) is 5.75 Å². The van der Waals surface area contributed by atoms with Crippen molar-refractivity contribution in [2.75, 3.05) is 11.4 Å². The third kappa shape index (κ3) is 6.66. The van der Waals surface area contributed by atoms with E-state index in [0.717, 1.165) is 22.4 Å². The highest BCUT2D eigenvalue weighted by Gasteiger charge is 2.21. The molecule has 0 radical (unpaired) electrons. The molecule has 1 N–H and O–H groups in total. The highest BCUT2D eigenvalue weighted by molar-refractivity contribution is 7.92. The van der Waals surface area contributed by atoms with Crippen LogP contribution in [-0.2, 0) is 16.6 Å². The summed E-state index contributed by atoms with van der Waals surface area (Å²) in [6.45, 7) is 4.43. The highest BCUT2D eigenvalue weighted by atomic mass is 32.2. The van der Waals surface area contributed by atoms with Crippen molar-refractivity contribution in [1.29, 1.82) is 0 Å². The number of hydrogen-bond acceptors (Lipinski definition) is 5. The second kappa shape index (κ2) is 11.7.